The first-order valence-electron chi connectivity index (χ1n) is 21.3. The van der Waals surface area contributed by atoms with Crippen LogP contribution in [0.4, 0.5) is 0 Å². The van der Waals surface area contributed by atoms with Crippen molar-refractivity contribution < 1.29 is 58.5 Å². The fraction of sp³-hybridized carbons (Fsp3) is 0.561. The number of nitrogens with zero attached hydrogens (tertiary/aromatic N) is 1. The molecule has 7 amide bonds. The number of benzene rings is 1. The summed E-state index contributed by atoms with van der Waals surface area (Å²) in [5, 5.41) is 47.0. The number of aromatic nitrogens is 1. The van der Waals surface area contributed by atoms with Crippen molar-refractivity contribution in [2.24, 2.45) is 34.0 Å². The van der Waals surface area contributed by atoms with Crippen molar-refractivity contribution in [2.75, 3.05) is 24.7 Å². The molecule has 1 aromatic heterocycles. The number of nitrogens with two attached hydrogens (primary N) is 3. The van der Waals surface area contributed by atoms with Crippen LogP contribution in [0.3, 0.4) is 0 Å². The molecule has 0 aliphatic heterocycles. The van der Waals surface area contributed by atoms with E-state index in [9.17, 15) is 58.5 Å². The molecule has 26 heteroatoms. The number of aliphatic hydroxyl groups is 1. The van der Waals surface area contributed by atoms with Crippen molar-refractivity contribution in [1.29, 1.82) is 0 Å². The number of hydrogen-bond donors (Lipinski definition) is 16. The van der Waals surface area contributed by atoms with Crippen LogP contribution in [0.15, 0.2) is 35.5 Å². The minimum absolute atomic E-state index is 0.0292. The fourth-order valence-corrected chi connectivity index (χ4v) is 6.84. The molecule has 0 radical (unpaired) electrons. The monoisotopic (exact) mass is 980 g/mol. The van der Waals surface area contributed by atoms with E-state index in [1.54, 1.807) is 26.1 Å². The van der Waals surface area contributed by atoms with Crippen LogP contribution in [0.1, 0.15) is 58.9 Å². The van der Waals surface area contributed by atoms with E-state index in [1.807, 2.05) is 18.2 Å². The van der Waals surface area contributed by atoms with Gasteiger partial charge < -0.3 is 74.7 Å². The van der Waals surface area contributed by atoms with Crippen molar-refractivity contribution in [3.8, 4) is 0 Å². The number of carbonyl (C=O) groups is 9. The Labute approximate surface area is 397 Å². The minimum atomic E-state index is -1.72. The Bertz CT molecular complexity index is 2080. The first-order valence-corrected chi connectivity index (χ1v) is 22.6. The van der Waals surface area contributed by atoms with E-state index < -0.39 is 133 Å². The van der Waals surface area contributed by atoms with Gasteiger partial charge in [0.1, 0.15) is 42.3 Å². The third-order valence-electron chi connectivity index (χ3n) is 10.2. The van der Waals surface area contributed by atoms with Gasteiger partial charge in [0.05, 0.1) is 12.6 Å². The summed E-state index contributed by atoms with van der Waals surface area (Å²) >= 11 is 8.00. The van der Waals surface area contributed by atoms with Crippen LogP contribution in [0, 0.1) is 11.8 Å². The van der Waals surface area contributed by atoms with E-state index in [1.165, 1.54) is 13.8 Å². The van der Waals surface area contributed by atoms with Crippen molar-refractivity contribution in [1.82, 2.24) is 42.2 Å². The van der Waals surface area contributed by atoms with Crippen molar-refractivity contribution in [2.45, 2.75) is 108 Å². The molecule has 372 valence electrons. The second-order valence-corrected chi connectivity index (χ2v) is 16.9. The molecular weight excluding hydrogens is 917 g/mol. The zero-order valence-corrected chi connectivity index (χ0v) is 39.4. The van der Waals surface area contributed by atoms with E-state index >= 15 is 0 Å². The van der Waals surface area contributed by atoms with Crippen molar-refractivity contribution in [3.05, 3.63) is 36.0 Å². The summed E-state index contributed by atoms with van der Waals surface area (Å²) < 4.78 is 0. The molecule has 0 spiro atoms. The molecule has 1 aromatic carbocycles. The molecule has 2 rings (SSSR count). The van der Waals surface area contributed by atoms with Crippen LogP contribution in [-0.2, 0) is 49.6 Å². The third-order valence-corrected chi connectivity index (χ3v) is 11.0. The number of carboxylic acid groups (broad SMARTS) is 2. The standard InChI is InChI=1S/C41H64N12O12S2/c1-19(2)31(38(62)48-26(11-12-30(55)56)35(59)52-32(20(3)4)39(63)51-29(18-67)40(64)65)53-37(61)28(16-54)50-34(58)25(10-7-13-45-41(43)44)47-36(60)27(49-33(57)23(42)17-66)14-21-15-46-24-9-6-5-8-22(21)24/h5-6,8-9,15,19-20,23,25-29,31-32,46,54,66-67H,7,10-14,16-18,42H2,1-4H3,(H,47,60)(H,48,62)(H,49,57)(H,50,58)(H,51,63)(H,52,59)(H,53,61)(H,55,56)(H,64,65)(H4,43,44,45)/t23-,25-,26-,27-,28-,29-,31-,32-/m0/s1. The Morgan fingerprint density at radius 3 is 1.67 bits per heavy atom. The molecule has 2 aromatic rings. The molecule has 0 saturated carbocycles. The normalized spacial score (nSPS) is 14.8. The summed E-state index contributed by atoms with van der Waals surface area (Å²) in [7, 11) is 0. The highest BCUT2D eigenvalue weighted by atomic mass is 32.1. The van der Waals surface area contributed by atoms with E-state index in [-0.39, 0.29) is 43.3 Å². The van der Waals surface area contributed by atoms with Gasteiger partial charge >= 0.3 is 11.9 Å². The SMILES string of the molecule is CC(C)[C@H](NC(=O)[C@H](CCC(=O)O)NC(=O)[C@@H](NC(=O)[C@H](CO)NC(=O)[C@H](CCCN=C(N)N)NC(=O)[C@H](Cc1c[nH]c2ccccc12)NC(=O)[C@@H](N)CS)C(C)C)C(=O)N[C@@H](CS)C(=O)O. The second-order valence-electron chi connectivity index (χ2n) is 16.2. The number of aromatic amines is 1. The Morgan fingerprint density at radius 1 is 0.657 bits per heavy atom. The van der Waals surface area contributed by atoms with Gasteiger partial charge in [-0.05, 0) is 42.7 Å². The Hall–Kier alpha value is -6.12. The van der Waals surface area contributed by atoms with Crippen LogP contribution in [0.5, 0.6) is 0 Å². The van der Waals surface area contributed by atoms with Gasteiger partial charge in [-0.1, -0.05) is 45.9 Å². The fourth-order valence-electron chi connectivity index (χ4n) is 6.43. The van der Waals surface area contributed by atoms with Crippen LogP contribution < -0.4 is 54.4 Å². The van der Waals surface area contributed by atoms with Crippen molar-refractivity contribution in [3.63, 3.8) is 0 Å². The average molecular weight is 981 g/mol. The molecule has 24 nitrogen and oxygen atoms in total. The topological polar surface area (TPSA) is 405 Å². The van der Waals surface area contributed by atoms with Crippen molar-refractivity contribution >= 4 is 95.4 Å². The molecule has 0 aliphatic carbocycles. The van der Waals surface area contributed by atoms with Gasteiger partial charge in [0.25, 0.3) is 0 Å². The molecular formula is C41H64N12O12S2. The lowest BCUT2D eigenvalue weighted by atomic mass is 10.00. The number of para-hydroxylation sites is 1. The Kier molecular flexibility index (Phi) is 23.9. The van der Waals surface area contributed by atoms with Gasteiger partial charge in [0.2, 0.25) is 41.4 Å². The highest BCUT2D eigenvalue weighted by molar-refractivity contribution is 7.80. The number of hydrogen-bond acceptors (Lipinski definition) is 14. The van der Waals surface area contributed by atoms with E-state index in [4.69, 9.17) is 17.2 Å². The maximum atomic E-state index is 14.0. The summed E-state index contributed by atoms with van der Waals surface area (Å²) in [5.41, 5.74) is 18.2. The number of fused-ring (bicyclic) bond motifs is 1. The summed E-state index contributed by atoms with van der Waals surface area (Å²) in [6.07, 6.45) is 0.570. The predicted octanol–water partition coefficient (Wildman–Crippen LogP) is -3.40. The molecule has 0 aliphatic rings. The van der Waals surface area contributed by atoms with Gasteiger partial charge in [-0.2, -0.15) is 25.3 Å². The van der Waals surface area contributed by atoms with Gasteiger partial charge in [-0.3, -0.25) is 43.3 Å². The maximum Gasteiger partial charge on any atom is 0.327 e. The van der Waals surface area contributed by atoms with Crippen LogP contribution in [0.2, 0.25) is 0 Å². The van der Waals surface area contributed by atoms with Crippen LogP contribution in [-0.4, -0.2) is 153 Å². The average Bonchev–Trinajstić information content (AvgIpc) is 3.68. The molecule has 0 unspecified atom stereocenters. The smallest absolute Gasteiger partial charge is 0.327 e. The highest BCUT2D eigenvalue weighted by Crippen LogP contribution is 2.20. The van der Waals surface area contributed by atoms with Gasteiger partial charge in [0.15, 0.2) is 5.96 Å². The number of carbonyl (C=O) groups excluding carboxylic acids is 7. The lowest BCUT2D eigenvalue weighted by Crippen LogP contribution is -2.62. The molecule has 1 heterocycles. The number of aliphatic hydroxyl groups excluding tert-OH is 1. The number of carboxylic acids is 2. The zero-order valence-electron chi connectivity index (χ0n) is 37.6. The third kappa shape index (κ3) is 18.6. The molecule has 0 fully saturated rings. The molecule has 17 N–H and O–H groups in total. The number of nitrogens with one attached hydrogen (secondary N) is 8. The maximum absolute atomic E-state index is 14.0. The summed E-state index contributed by atoms with van der Waals surface area (Å²) in [4.78, 5) is 125. The second kappa shape index (κ2) is 28.1. The number of rotatable bonds is 29. The van der Waals surface area contributed by atoms with Crippen LogP contribution in [0.25, 0.3) is 10.9 Å². The predicted molar refractivity (Wildman–Crippen MR) is 252 cm³/mol. The van der Waals surface area contributed by atoms with E-state index in [0.717, 1.165) is 10.9 Å². The summed E-state index contributed by atoms with van der Waals surface area (Å²) in [6.45, 7) is 5.19. The highest BCUT2D eigenvalue weighted by Gasteiger charge is 2.36. The zero-order chi connectivity index (χ0) is 50.5. The first-order chi connectivity index (χ1) is 31.5. The summed E-state index contributed by atoms with van der Waals surface area (Å²) in [6, 6.07) is -4.00. The van der Waals surface area contributed by atoms with Crippen LogP contribution >= 0.6 is 25.3 Å². The number of thiol groups is 2. The Morgan fingerprint density at radius 2 is 1.15 bits per heavy atom. The number of H-pyrrole nitrogens is 1. The van der Waals surface area contributed by atoms with Gasteiger partial charge in [-0.15, -0.1) is 0 Å². The lowest BCUT2D eigenvalue weighted by molar-refractivity contribution is -0.142. The minimum Gasteiger partial charge on any atom is -0.481 e. The first kappa shape index (κ1) is 57.0. The number of aliphatic carboxylic acids is 2. The summed E-state index contributed by atoms with van der Waals surface area (Å²) in [5.74, 6) is -10.9. The lowest BCUT2D eigenvalue weighted by Gasteiger charge is -2.29. The number of amides is 7. The number of guanidine groups is 1. The Balaban J connectivity index is 2.35. The number of aliphatic imine (C=N–C) groups is 1. The molecule has 0 saturated heterocycles. The molecule has 0 bridgehead atoms. The quantitative estimate of drug-likeness (QED) is 0.0164. The molecule has 8 atom stereocenters. The van der Waals surface area contributed by atoms with Gasteiger partial charge in [-0.25, -0.2) is 4.79 Å². The van der Waals surface area contributed by atoms with E-state index in [2.05, 4.69) is 72.5 Å². The van der Waals surface area contributed by atoms with E-state index in [0.29, 0.717) is 5.56 Å². The largest absolute Gasteiger partial charge is 0.481 e. The van der Waals surface area contributed by atoms with Gasteiger partial charge in [0, 0.05) is 48.0 Å². The molecule has 67 heavy (non-hydrogen) atoms.